The van der Waals surface area contributed by atoms with Crippen LogP contribution in [0.3, 0.4) is 0 Å². The first kappa shape index (κ1) is 23.7. The average molecular weight is 681 g/mol. The molecule has 9 heteroatoms. The minimum absolute atomic E-state index is 0.136. The van der Waals surface area contributed by atoms with Gasteiger partial charge in [-0.2, -0.15) is 5.26 Å². The summed E-state index contributed by atoms with van der Waals surface area (Å²) in [6.07, 6.45) is 1.68. The number of nitriles is 1. The van der Waals surface area contributed by atoms with Crippen molar-refractivity contribution in [1.82, 2.24) is 4.57 Å². The highest BCUT2D eigenvalue weighted by Gasteiger charge is 2.31. The minimum Gasteiger partial charge on any atom is -0.462 e. The molecule has 0 saturated heterocycles. The maximum Gasteiger partial charge on any atom is 0.338 e. The summed E-state index contributed by atoms with van der Waals surface area (Å²) < 4.78 is 9.50. The summed E-state index contributed by atoms with van der Waals surface area (Å²) in [6, 6.07) is 17.0. The Morgan fingerprint density at radius 1 is 1.24 bits per heavy atom. The second-order valence-electron chi connectivity index (χ2n) is 7.08. The number of benzene rings is 2. The lowest BCUT2D eigenvalue weighted by atomic mass is 9.90. The van der Waals surface area contributed by atoms with E-state index in [0.29, 0.717) is 25.9 Å². The van der Waals surface area contributed by atoms with Crippen LogP contribution < -0.4 is 20.5 Å². The number of nitrogens with zero attached hydrogens (tertiary/aromatic N) is 2. The standard InChI is InChI=1S/C24H17I2N3O3S/c1-2-32-24(31)14-8-4-3-7-13(14)11-18-22(30)29-21(28)16(12-27)19(20(26)23(29)33-18)15-9-5-6-10-17(15)25/h3-11,19H,2,28H2,1H3/b18-11-/t19-/m1/s1. The second-order valence-corrected chi connectivity index (χ2v) is 10.4. The van der Waals surface area contributed by atoms with Crippen LogP contribution in [0, 0.1) is 14.9 Å². The number of thiazole rings is 1. The van der Waals surface area contributed by atoms with Gasteiger partial charge in [-0.1, -0.05) is 36.4 Å². The summed E-state index contributed by atoms with van der Waals surface area (Å²) in [5.74, 6) is -0.657. The fourth-order valence-electron chi connectivity index (χ4n) is 3.66. The van der Waals surface area contributed by atoms with Crippen molar-refractivity contribution < 1.29 is 9.53 Å². The van der Waals surface area contributed by atoms with Gasteiger partial charge in [-0.25, -0.2) is 4.79 Å². The molecule has 0 unspecified atom stereocenters. The number of hydrogen-bond acceptors (Lipinski definition) is 6. The highest BCUT2D eigenvalue weighted by Crippen LogP contribution is 2.40. The van der Waals surface area contributed by atoms with E-state index >= 15 is 0 Å². The molecule has 1 atom stereocenters. The molecule has 166 valence electrons. The predicted octanol–water partition coefficient (Wildman–Crippen LogP) is 3.51. The van der Waals surface area contributed by atoms with Gasteiger partial charge in [0, 0.05) is 7.15 Å². The normalized spacial score (nSPS) is 15.9. The Kier molecular flexibility index (Phi) is 7.06. The van der Waals surface area contributed by atoms with Crippen LogP contribution in [-0.2, 0) is 4.74 Å². The monoisotopic (exact) mass is 681 g/mol. The fourth-order valence-corrected chi connectivity index (χ4v) is 6.64. The summed E-state index contributed by atoms with van der Waals surface area (Å²) in [5.41, 5.74) is 8.33. The van der Waals surface area contributed by atoms with Crippen molar-refractivity contribution in [1.29, 1.82) is 5.26 Å². The quantitative estimate of drug-likeness (QED) is 0.336. The number of hydrogen-bond donors (Lipinski definition) is 1. The molecule has 0 spiro atoms. The highest BCUT2D eigenvalue weighted by molar-refractivity contribution is 14.1. The van der Waals surface area contributed by atoms with Crippen molar-refractivity contribution in [3.63, 3.8) is 0 Å². The van der Waals surface area contributed by atoms with E-state index in [1.165, 1.54) is 15.9 Å². The van der Waals surface area contributed by atoms with Crippen molar-refractivity contribution in [3.8, 4) is 6.07 Å². The molecule has 2 heterocycles. The van der Waals surface area contributed by atoms with Crippen LogP contribution in [0.15, 0.2) is 58.9 Å². The topological polar surface area (TPSA) is 98.1 Å². The van der Waals surface area contributed by atoms with E-state index in [9.17, 15) is 14.9 Å². The molecule has 6 nitrogen and oxygen atoms in total. The molecule has 0 aliphatic carbocycles. The number of aromatic nitrogens is 1. The molecule has 2 aromatic carbocycles. The molecule has 2 N–H and O–H groups in total. The van der Waals surface area contributed by atoms with E-state index in [-0.39, 0.29) is 23.9 Å². The number of nitrogens with two attached hydrogens (primary N) is 1. The minimum atomic E-state index is -0.447. The van der Waals surface area contributed by atoms with Crippen molar-refractivity contribution in [2.24, 2.45) is 5.73 Å². The van der Waals surface area contributed by atoms with Crippen LogP contribution in [0.25, 0.3) is 15.5 Å². The van der Waals surface area contributed by atoms with Crippen molar-refractivity contribution in [2.75, 3.05) is 6.61 Å². The summed E-state index contributed by atoms with van der Waals surface area (Å²) >= 11 is 5.74. The summed E-state index contributed by atoms with van der Waals surface area (Å²) in [7, 11) is 0. The second kappa shape index (κ2) is 9.82. The third-order valence-corrected chi connectivity index (χ3v) is 8.76. The zero-order valence-electron chi connectivity index (χ0n) is 17.3. The first-order valence-corrected chi connectivity index (χ1v) is 12.9. The zero-order chi connectivity index (χ0) is 23.7. The van der Waals surface area contributed by atoms with Crippen molar-refractivity contribution in [3.05, 3.63) is 93.9 Å². The summed E-state index contributed by atoms with van der Waals surface area (Å²) in [4.78, 5) is 25.7. The Morgan fingerprint density at radius 3 is 2.64 bits per heavy atom. The van der Waals surface area contributed by atoms with E-state index in [1.54, 1.807) is 37.3 Å². The number of esters is 1. The molecule has 0 amide bonds. The number of allylic oxidation sites excluding steroid dienone is 1. The largest absolute Gasteiger partial charge is 0.462 e. The lowest BCUT2D eigenvalue weighted by Gasteiger charge is -2.23. The lowest BCUT2D eigenvalue weighted by molar-refractivity contribution is 0.0526. The van der Waals surface area contributed by atoms with Gasteiger partial charge in [-0.05, 0) is 81.4 Å². The van der Waals surface area contributed by atoms with Crippen LogP contribution in [0.1, 0.15) is 34.3 Å². The van der Waals surface area contributed by atoms with E-state index in [2.05, 4.69) is 51.3 Å². The van der Waals surface area contributed by atoms with Crippen LogP contribution in [0.5, 0.6) is 0 Å². The smallest absolute Gasteiger partial charge is 0.338 e. The maximum atomic E-state index is 13.3. The van der Waals surface area contributed by atoms with Gasteiger partial charge in [0.2, 0.25) is 0 Å². The Morgan fingerprint density at radius 2 is 1.94 bits per heavy atom. The van der Waals surface area contributed by atoms with Crippen LogP contribution in [0.2, 0.25) is 0 Å². The van der Waals surface area contributed by atoms with Crippen molar-refractivity contribution >= 4 is 78.0 Å². The first-order chi connectivity index (χ1) is 15.9. The molecule has 0 radical (unpaired) electrons. The molecule has 0 saturated carbocycles. The number of ether oxygens (including phenoxy) is 1. The third-order valence-electron chi connectivity index (χ3n) is 5.17. The van der Waals surface area contributed by atoms with E-state index in [0.717, 1.165) is 12.7 Å². The molecule has 1 aliphatic heterocycles. The fraction of sp³-hybridized carbons (Fsp3) is 0.125. The summed E-state index contributed by atoms with van der Waals surface area (Å²) in [6.45, 7) is 2.00. The van der Waals surface area contributed by atoms with Crippen LogP contribution >= 0.6 is 56.5 Å². The highest BCUT2D eigenvalue weighted by atomic mass is 127. The van der Waals surface area contributed by atoms with Gasteiger partial charge in [0.25, 0.3) is 5.56 Å². The van der Waals surface area contributed by atoms with Gasteiger partial charge >= 0.3 is 5.97 Å². The Hall–Kier alpha value is -2.43. The SMILES string of the molecule is CCOC(=O)c1ccccc1/C=c1\sc2n(c1=O)C(N)=C(C#N)[C@@H](c1ccccc1I)C=2I. The number of rotatable bonds is 4. The van der Waals surface area contributed by atoms with E-state index in [4.69, 9.17) is 10.5 Å². The third kappa shape index (κ3) is 4.27. The Bertz CT molecular complexity index is 1530. The predicted molar refractivity (Wildman–Crippen MR) is 146 cm³/mol. The number of fused-ring (bicyclic) bond motifs is 1. The van der Waals surface area contributed by atoms with Crippen LogP contribution in [0.4, 0.5) is 0 Å². The van der Waals surface area contributed by atoms with E-state index < -0.39 is 5.97 Å². The van der Waals surface area contributed by atoms with Crippen molar-refractivity contribution in [2.45, 2.75) is 12.8 Å². The molecule has 0 bridgehead atoms. The maximum absolute atomic E-state index is 13.3. The average Bonchev–Trinajstić information content (AvgIpc) is 3.13. The molecular formula is C24H17I2N3O3S. The van der Waals surface area contributed by atoms with Gasteiger partial charge in [0.05, 0.1) is 34.3 Å². The number of carbonyl (C=O) groups is 1. The summed E-state index contributed by atoms with van der Waals surface area (Å²) in [5, 5.41) is 9.93. The zero-order valence-corrected chi connectivity index (χ0v) is 22.5. The van der Waals surface area contributed by atoms with Gasteiger partial charge in [0.1, 0.15) is 10.5 Å². The van der Waals surface area contributed by atoms with Gasteiger partial charge in [0.15, 0.2) is 0 Å². The molecular weight excluding hydrogens is 664 g/mol. The number of carbonyl (C=O) groups excluding carboxylic acids is 1. The Balaban J connectivity index is 1.99. The van der Waals surface area contributed by atoms with Gasteiger partial charge < -0.3 is 10.5 Å². The molecule has 0 fully saturated rings. The molecule has 1 aromatic heterocycles. The first-order valence-electron chi connectivity index (χ1n) is 9.93. The van der Waals surface area contributed by atoms with E-state index in [1.807, 2.05) is 24.3 Å². The molecule has 3 aromatic rings. The molecule has 33 heavy (non-hydrogen) atoms. The number of halogens is 2. The van der Waals surface area contributed by atoms with Gasteiger partial charge in [-0.3, -0.25) is 9.36 Å². The van der Waals surface area contributed by atoms with Crippen LogP contribution in [-0.4, -0.2) is 17.1 Å². The molecule has 1 aliphatic rings. The Labute approximate surface area is 221 Å². The van der Waals surface area contributed by atoms with Gasteiger partial charge in [-0.15, -0.1) is 11.3 Å². The lowest BCUT2D eigenvalue weighted by Crippen LogP contribution is -2.37. The molecule has 4 rings (SSSR count).